The minimum atomic E-state index is -0.791. The van der Waals surface area contributed by atoms with Gasteiger partial charge in [0.25, 0.3) is 17.3 Å². The highest BCUT2D eigenvalue weighted by Gasteiger charge is 2.34. The second-order valence-corrected chi connectivity index (χ2v) is 9.38. The van der Waals surface area contributed by atoms with Gasteiger partial charge in [0.05, 0.1) is 38.0 Å². The molecule has 1 heterocycles. The van der Waals surface area contributed by atoms with Gasteiger partial charge in [0.15, 0.2) is 15.8 Å². The van der Waals surface area contributed by atoms with Crippen molar-refractivity contribution in [2.24, 2.45) is 0 Å². The van der Waals surface area contributed by atoms with Crippen LogP contribution in [-0.4, -0.2) is 31.6 Å². The van der Waals surface area contributed by atoms with E-state index in [0.717, 1.165) is 30.0 Å². The summed E-state index contributed by atoms with van der Waals surface area (Å²) in [6.45, 7) is 1.94. The third-order valence-electron chi connectivity index (χ3n) is 5.23. The Morgan fingerprint density at radius 1 is 0.897 bits per heavy atom. The summed E-state index contributed by atoms with van der Waals surface area (Å²) < 4.78 is 11.5. The van der Waals surface area contributed by atoms with Gasteiger partial charge in [-0.15, -0.1) is 0 Å². The molecule has 15 heteroatoms. The molecular formula is C24H16N4O9S2. The highest BCUT2D eigenvalue weighted by atomic mass is 32.2. The summed E-state index contributed by atoms with van der Waals surface area (Å²) in [5, 5.41) is 33.6. The third kappa shape index (κ3) is 5.83. The number of nitro benzene ring substituents is 3. The van der Waals surface area contributed by atoms with Gasteiger partial charge in [-0.25, -0.2) is 0 Å². The molecular weight excluding hydrogens is 552 g/mol. The number of carbonyl (C=O) groups excluding carboxylic acids is 1. The normalized spacial score (nSPS) is 14.0. The highest BCUT2D eigenvalue weighted by molar-refractivity contribution is 8.27. The van der Waals surface area contributed by atoms with Crippen LogP contribution >= 0.6 is 24.0 Å². The summed E-state index contributed by atoms with van der Waals surface area (Å²) in [7, 11) is 0. The van der Waals surface area contributed by atoms with Crippen molar-refractivity contribution in [1.29, 1.82) is 0 Å². The molecule has 13 nitrogen and oxygen atoms in total. The Balaban J connectivity index is 1.64. The van der Waals surface area contributed by atoms with Crippen molar-refractivity contribution in [1.82, 2.24) is 0 Å². The Hall–Kier alpha value is -4.89. The molecule has 1 saturated heterocycles. The zero-order valence-corrected chi connectivity index (χ0v) is 21.5. The van der Waals surface area contributed by atoms with Crippen LogP contribution in [0, 0.1) is 30.3 Å². The topological polar surface area (TPSA) is 168 Å². The van der Waals surface area contributed by atoms with Crippen molar-refractivity contribution < 1.29 is 29.0 Å². The summed E-state index contributed by atoms with van der Waals surface area (Å²) in [5.41, 5.74) is -0.463. The van der Waals surface area contributed by atoms with Gasteiger partial charge in [0, 0.05) is 18.2 Å². The molecule has 1 amide bonds. The fraction of sp³-hybridized carbons (Fsp3) is 0.0833. The van der Waals surface area contributed by atoms with E-state index < -0.39 is 32.1 Å². The van der Waals surface area contributed by atoms with E-state index in [0.29, 0.717) is 5.56 Å². The highest BCUT2D eigenvalue weighted by Crippen LogP contribution is 2.40. The summed E-state index contributed by atoms with van der Waals surface area (Å²) >= 11 is 6.35. The number of nitrogens with zero attached hydrogens (tertiary/aromatic N) is 4. The molecule has 1 fully saturated rings. The first-order valence-corrected chi connectivity index (χ1v) is 12.2. The van der Waals surface area contributed by atoms with Crippen molar-refractivity contribution in [3.8, 4) is 17.2 Å². The number of non-ortho nitro benzene ring substituents is 2. The van der Waals surface area contributed by atoms with Gasteiger partial charge >= 0.3 is 5.69 Å². The predicted molar refractivity (Wildman–Crippen MR) is 146 cm³/mol. The van der Waals surface area contributed by atoms with Gasteiger partial charge in [-0.1, -0.05) is 36.1 Å². The lowest BCUT2D eigenvalue weighted by molar-refractivity contribution is -0.394. The van der Waals surface area contributed by atoms with E-state index in [2.05, 4.69) is 0 Å². The van der Waals surface area contributed by atoms with E-state index in [1.807, 2.05) is 0 Å². The molecule has 3 aromatic carbocycles. The van der Waals surface area contributed by atoms with Gasteiger partial charge in [-0.2, -0.15) is 0 Å². The monoisotopic (exact) mass is 568 g/mol. The molecule has 198 valence electrons. The molecule has 39 heavy (non-hydrogen) atoms. The SMILES string of the molecule is CCOc1cc(/C=C2\SC(=S)N(c3cccc([N+](=O)[O-])c3)C2=O)ccc1Oc1ccc([N+](=O)[O-])cc1[N+](=O)[O-]. The van der Waals surface area contributed by atoms with Crippen molar-refractivity contribution in [3.63, 3.8) is 0 Å². The maximum atomic E-state index is 13.1. The lowest BCUT2D eigenvalue weighted by atomic mass is 10.1. The first-order chi connectivity index (χ1) is 18.6. The van der Waals surface area contributed by atoms with Crippen LogP contribution in [0.3, 0.4) is 0 Å². The molecule has 1 aliphatic rings. The Kier molecular flexibility index (Phi) is 7.83. The van der Waals surface area contributed by atoms with Crippen LogP contribution in [0.5, 0.6) is 17.2 Å². The van der Waals surface area contributed by atoms with Crippen molar-refractivity contribution in [2.75, 3.05) is 11.5 Å². The first kappa shape index (κ1) is 27.2. The molecule has 1 aliphatic heterocycles. The quantitative estimate of drug-likeness (QED) is 0.128. The number of ether oxygens (including phenoxy) is 2. The number of hydrogen-bond acceptors (Lipinski definition) is 11. The van der Waals surface area contributed by atoms with Crippen molar-refractivity contribution >= 4 is 63.0 Å². The number of benzene rings is 3. The number of thiocarbonyl (C=S) groups is 1. The summed E-state index contributed by atoms with van der Waals surface area (Å²) in [4.78, 5) is 46.1. The summed E-state index contributed by atoms with van der Waals surface area (Å²) in [5.74, 6) is -0.384. The molecule has 0 aromatic heterocycles. The van der Waals surface area contributed by atoms with E-state index >= 15 is 0 Å². The molecule has 0 unspecified atom stereocenters. The van der Waals surface area contributed by atoms with Crippen molar-refractivity contribution in [2.45, 2.75) is 6.92 Å². The van der Waals surface area contributed by atoms with Crippen LogP contribution in [0.4, 0.5) is 22.7 Å². The fourth-order valence-corrected chi connectivity index (χ4v) is 4.82. The lowest BCUT2D eigenvalue weighted by Crippen LogP contribution is -2.27. The van der Waals surface area contributed by atoms with Crippen LogP contribution in [-0.2, 0) is 4.79 Å². The van der Waals surface area contributed by atoms with E-state index in [4.69, 9.17) is 21.7 Å². The molecule has 0 radical (unpaired) electrons. The first-order valence-electron chi connectivity index (χ1n) is 11.0. The molecule has 0 saturated carbocycles. The average molecular weight is 569 g/mol. The maximum Gasteiger partial charge on any atom is 0.318 e. The fourth-order valence-electron chi connectivity index (χ4n) is 3.52. The number of rotatable bonds is 9. The Labute approximate surface area is 229 Å². The van der Waals surface area contributed by atoms with Gasteiger partial charge in [0.2, 0.25) is 5.75 Å². The standard InChI is InChI=1S/C24H16N4O9S2/c1-2-36-21-10-14(6-8-20(21)37-19-9-7-17(27(32)33)13-18(19)28(34)35)11-22-23(29)25(24(38)39-22)15-4-3-5-16(12-15)26(30)31/h3-13H,2H2,1H3/b22-11-. The number of anilines is 1. The van der Waals surface area contributed by atoms with Gasteiger partial charge in [-0.3, -0.25) is 40.0 Å². The number of nitro groups is 3. The molecule has 4 rings (SSSR count). The minimum absolute atomic E-state index is 0.107. The zero-order valence-electron chi connectivity index (χ0n) is 19.8. The van der Waals surface area contributed by atoms with Crippen LogP contribution in [0.25, 0.3) is 6.08 Å². The van der Waals surface area contributed by atoms with E-state index in [9.17, 15) is 35.1 Å². The van der Waals surface area contributed by atoms with E-state index in [-0.39, 0.29) is 44.5 Å². The van der Waals surface area contributed by atoms with Crippen molar-refractivity contribution in [3.05, 3.63) is 101 Å². The molecule has 0 bridgehead atoms. The zero-order chi connectivity index (χ0) is 28.3. The van der Waals surface area contributed by atoms with Gasteiger partial charge in [0.1, 0.15) is 0 Å². The Morgan fingerprint density at radius 3 is 2.26 bits per heavy atom. The number of carbonyl (C=O) groups is 1. The second kappa shape index (κ2) is 11.2. The largest absolute Gasteiger partial charge is 0.490 e. The Morgan fingerprint density at radius 2 is 1.59 bits per heavy atom. The number of hydrogen-bond donors (Lipinski definition) is 0. The Bertz CT molecular complexity index is 1570. The molecule has 3 aromatic rings. The van der Waals surface area contributed by atoms with E-state index in [1.165, 1.54) is 35.2 Å². The van der Waals surface area contributed by atoms with E-state index in [1.54, 1.807) is 25.1 Å². The van der Waals surface area contributed by atoms with Crippen LogP contribution < -0.4 is 14.4 Å². The van der Waals surface area contributed by atoms with Gasteiger partial charge in [-0.05, 0) is 42.8 Å². The van der Waals surface area contributed by atoms with Gasteiger partial charge < -0.3 is 9.47 Å². The van der Waals surface area contributed by atoms with Crippen LogP contribution in [0.15, 0.2) is 65.6 Å². The molecule has 0 spiro atoms. The third-order valence-corrected chi connectivity index (χ3v) is 6.53. The number of thioether (sulfide) groups is 1. The predicted octanol–water partition coefficient (Wildman–Crippen LogP) is 6.01. The second-order valence-electron chi connectivity index (χ2n) is 7.70. The summed E-state index contributed by atoms with van der Waals surface area (Å²) in [6.07, 6.45) is 1.55. The molecule has 0 N–H and O–H groups in total. The molecule has 0 aliphatic carbocycles. The number of amides is 1. The minimum Gasteiger partial charge on any atom is -0.490 e. The smallest absolute Gasteiger partial charge is 0.318 e. The summed E-state index contributed by atoms with van der Waals surface area (Å²) in [6, 6.07) is 13.2. The molecule has 0 atom stereocenters. The maximum absolute atomic E-state index is 13.1. The van der Waals surface area contributed by atoms with Crippen LogP contribution in [0.2, 0.25) is 0 Å². The average Bonchev–Trinajstić information content (AvgIpc) is 3.17. The van der Waals surface area contributed by atoms with Crippen LogP contribution in [0.1, 0.15) is 12.5 Å². The lowest BCUT2D eigenvalue weighted by Gasteiger charge is -2.14.